The molecule has 0 spiro atoms. The van der Waals surface area contributed by atoms with Gasteiger partial charge in [0.1, 0.15) is 0 Å². The SMILES string of the molecule is O=C(c1cccc([N+](=O)[O-])c1F)N1CCOCC1. The number of ether oxygens (including phenoxy) is 1. The number of nitro benzene ring substituents is 1. The molecule has 96 valence electrons. The normalized spacial score (nSPS) is 15.5. The molecule has 1 aromatic carbocycles. The molecule has 1 heterocycles. The van der Waals surface area contributed by atoms with E-state index in [1.54, 1.807) is 0 Å². The fraction of sp³-hybridized carbons (Fsp3) is 0.364. The molecule has 7 heteroatoms. The highest BCUT2D eigenvalue weighted by atomic mass is 19.1. The van der Waals surface area contributed by atoms with Crippen LogP contribution < -0.4 is 0 Å². The quantitative estimate of drug-likeness (QED) is 0.587. The Labute approximate surface area is 102 Å². The van der Waals surface area contributed by atoms with Gasteiger partial charge in [-0.3, -0.25) is 14.9 Å². The molecule has 1 aliphatic heterocycles. The number of nitrogens with zero attached hydrogens (tertiary/aromatic N) is 2. The van der Waals surface area contributed by atoms with Gasteiger partial charge in [-0.1, -0.05) is 6.07 Å². The monoisotopic (exact) mass is 254 g/mol. The van der Waals surface area contributed by atoms with Gasteiger partial charge in [0.25, 0.3) is 5.91 Å². The van der Waals surface area contributed by atoms with E-state index in [0.717, 1.165) is 6.07 Å². The number of carbonyl (C=O) groups excluding carboxylic acids is 1. The number of nitro groups is 1. The first-order chi connectivity index (χ1) is 8.61. The maximum atomic E-state index is 13.8. The highest BCUT2D eigenvalue weighted by molar-refractivity contribution is 5.95. The molecule has 0 aromatic heterocycles. The lowest BCUT2D eigenvalue weighted by atomic mass is 10.1. The summed E-state index contributed by atoms with van der Waals surface area (Å²) in [5, 5.41) is 10.6. The molecule has 18 heavy (non-hydrogen) atoms. The minimum absolute atomic E-state index is 0.272. The first-order valence-corrected chi connectivity index (χ1v) is 5.41. The number of carbonyl (C=O) groups is 1. The van der Waals surface area contributed by atoms with E-state index in [1.807, 2.05) is 0 Å². The smallest absolute Gasteiger partial charge is 0.305 e. The third-order valence-electron chi connectivity index (χ3n) is 2.70. The predicted octanol–water partition coefficient (Wildman–Crippen LogP) is 1.21. The lowest BCUT2D eigenvalue weighted by Crippen LogP contribution is -2.41. The van der Waals surface area contributed by atoms with Crippen molar-refractivity contribution in [1.29, 1.82) is 0 Å². The van der Waals surface area contributed by atoms with Crippen LogP contribution in [-0.2, 0) is 4.74 Å². The van der Waals surface area contributed by atoms with Crippen LogP contribution in [-0.4, -0.2) is 42.0 Å². The van der Waals surface area contributed by atoms with Crippen molar-refractivity contribution in [3.63, 3.8) is 0 Å². The Hall–Kier alpha value is -2.02. The van der Waals surface area contributed by atoms with Crippen molar-refractivity contribution in [2.45, 2.75) is 0 Å². The van der Waals surface area contributed by atoms with Gasteiger partial charge in [-0.25, -0.2) is 0 Å². The molecule has 1 aliphatic rings. The number of hydrogen-bond donors (Lipinski definition) is 0. The third-order valence-corrected chi connectivity index (χ3v) is 2.70. The lowest BCUT2D eigenvalue weighted by molar-refractivity contribution is -0.387. The number of benzene rings is 1. The van der Waals surface area contributed by atoms with E-state index in [0.29, 0.717) is 26.3 Å². The Morgan fingerprint density at radius 1 is 1.39 bits per heavy atom. The van der Waals surface area contributed by atoms with E-state index in [-0.39, 0.29) is 5.56 Å². The Morgan fingerprint density at radius 3 is 2.67 bits per heavy atom. The maximum Gasteiger partial charge on any atom is 0.305 e. The number of halogens is 1. The van der Waals surface area contributed by atoms with E-state index < -0.39 is 22.3 Å². The molecule has 0 atom stereocenters. The van der Waals surface area contributed by atoms with E-state index >= 15 is 0 Å². The standard InChI is InChI=1S/C11H11FN2O4/c12-10-8(2-1-3-9(10)14(16)17)11(15)13-4-6-18-7-5-13/h1-3H,4-7H2. The second kappa shape index (κ2) is 5.09. The molecule has 1 saturated heterocycles. The summed E-state index contributed by atoms with van der Waals surface area (Å²) in [5.41, 5.74) is -0.958. The van der Waals surface area contributed by atoms with Gasteiger partial charge in [-0.15, -0.1) is 0 Å². The average Bonchev–Trinajstić information content (AvgIpc) is 2.39. The lowest BCUT2D eigenvalue weighted by Gasteiger charge is -2.26. The van der Waals surface area contributed by atoms with Crippen LogP contribution in [0.15, 0.2) is 18.2 Å². The molecule has 2 rings (SSSR count). The molecule has 0 saturated carbocycles. The predicted molar refractivity (Wildman–Crippen MR) is 59.8 cm³/mol. The second-order valence-corrected chi connectivity index (χ2v) is 3.80. The van der Waals surface area contributed by atoms with E-state index in [9.17, 15) is 19.3 Å². The van der Waals surface area contributed by atoms with Crippen molar-refractivity contribution in [2.24, 2.45) is 0 Å². The minimum atomic E-state index is -1.08. The summed E-state index contributed by atoms with van der Waals surface area (Å²) in [6, 6.07) is 3.58. The van der Waals surface area contributed by atoms with Gasteiger partial charge in [0, 0.05) is 19.2 Å². The molecular formula is C11H11FN2O4. The van der Waals surface area contributed by atoms with Gasteiger partial charge < -0.3 is 9.64 Å². The van der Waals surface area contributed by atoms with Crippen molar-refractivity contribution in [3.05, 3.63) is 39.7 Å². The number of hydrogen-bond acceptors (Lipinski definition) is 4. The van der Waals surface area contributed by atoms with E-state index in [4.69, 9.17) is 4.74 Å². The summed E-state index contributed by atoms with van der Waals surface area (Å²) in [5.74, 6) is -1.63. The molecule has 0 radical (unpaired) electrons. The Morgan fingerprint density at radius 2 is 2.06 bits per heavy atom. The molecule has 1 amide bonds. The highest BCUT2D eigenvalue weighted by Crippen LogP contribution is 2.21. The molecule has 0 bridgehead atoms. The Balaban J connectivity index is 2.30. The summed E-state index contributed by atoms with van der Waals surface area (Å²) in [6.45, 7) is 1.51. The summed E-state index contributed by atoms with van der Waals surface area (Å²) < 4.78 is 18.9. The minimum Gasteiger partial charge on any atom is -0.378 e. The molecule has 1 fully saturated rings. The molecule has 0 N–H and O–H groups in total. The van der Waals surface area contributed by atoms with E-state index in [2.05, 4.69) is 0 Å². The van der Waals surface area contributed by atoms with Gasteiger partial charge in [0.15, 0.2) is 0 Å². The largest absolute Gasteiger partial charge is 0.378 e. The highest BCUT2D eigenvalue weighted by Gasteiger charge is 2.26. The van der Waals surface area contributed by atoms with Crippen LogP contribution in [0.4, 0.5) is 10.1 Å². The number of amides is 1. The van der Waals surface area contributed by atoms with Crippen molar-refractivity contribution < 1.29 is 18.8 Å². The molecule has 6 nitrogen and oxygen atoms in total. The number of rotatable bonds is 2. The van der Waals surface area contributed by atoms with E-state index in [1.165, 1.54) is 17.0 Å². The summed E-state index contributed by atoms with van der Waals surface area (Å²) >= 11 is 0. The van der Waals surface area contributed by atoms with Crippen LogP contribution in [0, 0.1) is 15.9 Å². The van der Waals surface area contributed by atoms with Crippen LogP contribution in [0.2, 0.25) is 0 Å². The zero-order chi connectivity index (χ0) is 13.1. The van der Waals surface area contributed by atoms with Gasteiger partial charge >= 0.3 is 5.69 Å². The van der Waals surface area contributed by atoms with Gasteiger partial charge in [-0.05, 0) is 6.07 Å². The van der Waals surface area contributed by atoms with Crippen molar-refractivity contribution in [3.8, 4) is 0 Å². The van der Waals surface area contributed by atoms with Crippen LogP contribution in [0.25, 0.3) is 0 Å². The molecule has 0 unspecified atom stereocenters. The Bertz CT molecular complexity index is 486. The Kier molecular flexibility index (Phi) is 3.52. The third kappa shape index (κ3) is 2.30. The molecule has 0 aliphatic carbocycles. The van der Waals surface area contributed by atoms with Gasteiger partial charge in [-0.2, -0.15) is 4.39 Å². The fourth-order valence-electron chi connectivity index (χ4n) is 1.76. The van der Waals surface area contributed by atoms with Crippen molar-refractivity contribution >= 4 is 11.6 Å². The maximum absolute atomic E-state index is 13.8. The van der Waals surface area contributed by atoms with Gasteiger partial charge in [0.2, 0.25) is 5.82 Å². The number of morpholine rings is 1. The van der Waals surface area contributed by atoms with Crippen LogP contribution in [0.3, 0.4) is 0 Å². The zero-order valence-electron chi connectivity index (χ0n) is 9.47. The molecule has 1 aromatic rings. The first-order valence-electron chi connectivity index (χ1n) is 5.41. The second-order valence-electron chi connectivity index (χ2n) is 3.80. The average molecular weight is 254 g/mol. The molecular weight excluding hydrogens is 243 g/mol. The topological polar surface area (TPSA) is 72.7 Å². The summed E-state index contributed by atoms with van der Waals surface area (Å²) in [6.07, 6.45) is 0. The fourth-order valence-corrected chi connectivity index (χ4v) is 1.76. The van der Waals surface area contributed by atoms with Crippen LogP contribution in [0.1, 0.15) is 10.4 Å². The summed E-state index contributed by atoms with van der Waals surface area (Å²) in [7, 11) is 0. The van der Waals surface area contributed by atoms with Gasteiger partial charge in [0.05, 0.1) is 23.7 Å². The van der Waals surface area contributed by atoms with Crippen molar-refractivity contribution in [2.75, 3.05) is 26.3 Å². The summed E-state index contributed by atoms with van der Waals surface area (Å²) in [4.78, 5) is 23.2. The van der Waals surface area contributed by atoms with Crippen LogP contribution >= 0.6 is 0 Å². The zero-order valence-corrected chi connectivity index (χ0v) is 9.47. The first kappa shape index (κ1) is 12.4. The van der Waals surface area contributed by atoms with Crippen LogP contribution in [0.5, 0.6) is 0 Å². The van der Waals surface area contributed by atoms with Crippen molar-refractivity contribution in [1.82, 2.24) is 4.90 Å².